The zero-order valence-electron chi connectivity index (χ0n) is 13.8. The zero-order chi connectivity index (χ0) is 17.6. The van der Waals surface area contributed by atoms with Crippen molar-refractivity contribution >= 4 is 23.1 Å². The number of nitrogens with two attached hydrogens (primary N) is 2. The summed E-state index contributed by atoms with van der Waals surface area (Å²) in [5, 5.41) is 7.76. The lowest BCUT2D eigenvalue weighted by atomic mass is 10.1. The maximum Gasteiger partial charge on any atom is 0.252 e. The highest BCUT2D eigenvalue weighted by Crippen LogP contribution is 2.36. The molecule has 1 fully saturated rings. The number of nitrogens with one attached hydrogen (secondary N) is 1. The van der Waals surface area contributed by atoms with E-state index in [4.69, 9.17) is 11.5 Å². The maximum absolute atomic E-state index is 11.8. The number of carbonyl (C=O) groups excluding carboxylic acids is 1. The average molecular weight is 337 g/mol. The van der Waals surface area contributed by atoms with Crippen LogP contribution in [0.5, 0.6) is 0 Å². The molecule has 1 aliphatic rings. The molecule has 1 amide bonds. The molecule has 5 N–H and O–H groups in total. The zero-order valence-corrected chi connectivity index (χ0v) is 13.8. The number of rotatable bonds is 5. The lowest BCUT2D eigenvalue weighted by Gasteiger charge is -2.17. The van der Waals surface area contributed by atoms with Gasteiger partial charge in [0.05, 0.1) is 23.0 Å². The molecule has 4 rings (SSSR count). The number of aromatic nitrogens is 4. The summed E-state index contributed by atoms with van der Waals surface area (Å²) in [4.78, 5) is 19.9. The highest BCUT2D eigenvalue weighted by molar-refractivity contribution is 6.02. The van der Waals surface area contributed by atoms with Crippen LogP contribution in [0.1, 0.15) is 30.1 Å². The quantitative estimate of drug-likeness (QED) is 0.650. The van der Waals surface area contributed by atoms with Crippen molar-refractivity contribution in [2.45, 2.75) is 25.8 Å². The number of amides is 1. The van der Waals surface area contributed by atoms with Crippen molar-refractivity contribution in [3.63, 3.8) is 0 Å². The van der Waals surface area contributed by atoms with Crippen molar-refractivity contribution in [2.75, 3.05) is 11.1 Å². The molecule has 3 heterocycles. The standard InChI is InChI=1S/C17H19N7O/c1-9(10-2-3-10)23-15-13(16(18)25)7-22-24-8-11(4-14(15)24)12-5-20-17(19)21-6-12/h4-10,23H,2-3H2,1H3,(H2,18,25)(H2,19,20,21)/t9-/m1/s1. The number of carbonyl (C=O) groups is 1. The molecule has 128 valence electrons. The minimum atomic E-state index is -0.501. The van der Waals surface area contributed by atoms with E-state index in [1.807, 2.05) is 12.3 Å². The van der Waals surface area contributed by atoms with Crippen molar-refractivity contribution in [2.24, 2.45) is 11.7 Å². The van der Waals surface area contributed by atoms with Crippen LogP contribution in [-0.2, 0) is 0 Å². The fourth-order valence-corrected chi connectivity index (χ4v) is 2.98. The highest BCUT2D eigenvalue weighted by atomic mass is 16.1. The molecule has 0 radical (unpaired) electrons. The molecule has 3 aromatic heterocycles. The smallest absolute Gasteiger partial charge is 0.252 e. The Morgan fingerprint density at radius 2 is 2.00 bits per heavy atom. The second-order valence-corrected chi connectivity index (χ2v) is 6.46. The molecular formula is C17H19N7O. The fraction of sp³-hybridized carbons (Fsp3) is 0.294. The Bertz CT molecular complexity index is 944. The average Bonchev–Trinajstić information content (AvgIpc) is 3.34. The normalized spacial score (nSPS) is 15.2. The summed E-state index contributed by atoms with van der Waals surface area (Å²) in [5.41, 5.74) is 14.7. The van der Waals surface area contributed by atoms with E-state index in [0.717, 1.165) is 16.6 Å². The molecule has 25 heavy (non-hydrogen) atoms. The summed E-state index contributed by atoms with van der Waals surface area (Å²) < 4.78 is 1.72. The van der Waals surface area contributed by atoms with Gasteiger partial charge in [0.25, 0.3) is 5.91 Å². The Labute approximate surface area is 144 Å². The van der Waals surface area contributed by atoms with Crippen LogP contribution in [-0.4, -0.2) is 31.5 Å². The number of anilines is 2. The van der Waals surface area contributed by atoms with Gasteiger partial charge in [-0.15, -0.1) is 0 Å². The Hall–Kier alpha value is -3.16. The topological polar surface area (TPSA) is 124 Å². The van der Waals surface area contributed by atoms with Gasteiger partial charge in [0.15, 0.2) is 0 Å². The Morgan fingerprint density at radius 3 is 2.64 bits per heavy atom. The van der Waals surface area contributed by atoms with E-state index in [1.54, 1.807) is 16.9 Å². The van der Waals surface area contributed by atoms with E-state index in [0.29, 0.717) is 17.2 Å². The van der Waals surface area contributed by atoms with Crippen molar-refractivity contribution < 1.29 is 4.79 Å². The molecule has 0 aromatic carbocycles. The Kier molecular flexibility index (Phi) is 3.52. The summed E-state index contributed by atoms with van der Waals surface area (Å²) in [5.74, 6) is 0.357. The van der Waals surface area contributed by atoms with Gasteiger partial charge in [-0.05, 0) is 31.7 Å². The number of hydrogen-bond donors (Lipinski definition) is 3. The first-order valence-corrected chi connectivity index (χ1v) is 8.18. The minimum absolute atomic E-state index is 0.224. The molecule has 0 unspecified atom stereocenters. The number of nitrogen functional groups attached to an aromatic ring is 1. The lowest BCUT2D eigenvalue weighted by Crippen LogP contribution is -2.22. The minimum Gasteiger partial charge on any atom is -0.380 e. The van der Waals surface area contributed by atoms with Crippen LogP contribution in [0, 0.1) is 5.92 Å². The molecule has 8 nitrogen and oxygen atoms in total. The molecule has 0 bridgehead atoms. The Morgan fingerprint density at radius 1 is 1.28 bits per heavy atom. The van der Waals surface area contributed by atoms with Crippen LogP contribution in [0.25, 0.3) is 16.6 Å². The predicted molar refractivity (Wildman–Crippen MR) is 95.0 cm³/mol. The van der Waals surface area contributed by atoms with Gasteiger partial charge >= 0.3 is 0 Å². The van der Waals surface area contributed by atoms with Gasteiger partial charge in [0, 0.05) is 35.8 Å². The molecule has 1 aliphatic carbocycles. The second kappa shape index (κ2) is 5.73. The number of hydrogen-bond acceptors (Lipinski definition) is 6. The summed E-state index contributed by atoms with van der Waals surface area (Å²) in [6.07, 6.45) is 9.09. The predicted octanol–water partition coefficient (Wildman–Crippen LogP) is 1.68. The van der Waals surface area contributed by atoms with Crippen molar-refractivity contribution in [1.29, 1.82) is 0 Å². The van der Waals surface area contributed by atoms with Gasteiger partial charge in [-0.25, -0.2) is 14.5 Å². The van der Waals surface area contributed by atoms with E-state index in [1.165, 1.54) is 19.0 Å². The monoisotopic (exact) mass is 337 g/mol. The number of primary amides is 1. The van der Waals surface area contributed by atoms with Gasteiger partial charge in [-0.3, -0.25) is 4.79 Å². The van der Waals surface area contributed by atoms with Crippen LogP contribution in [0.4, 0.5) is 11.6 Å². The van der Waals surface area contributed by atoms with E-state index >= 15 is 0 Å². The fourth-order valence-electron chi connectivity index (χ4n) is 2.98. The molecular weight excluding hydrogens is 318 g/mol. The molecule has 3 aromatic rings. The summed E-state index contributed by atoms with van der Waals surface area (Å²) >= 11 is 0. The second-order valence-electron chi connectivity index (χ2n) is 6.46. The lowest BCUT2D eigenvalue weighted by molar-refractivity contribution is 0.100. The SMILES string of the molecule is C[C@@H](Nc1c(C(N)=O)cnn2cc(-c3cnc(N)nc3)cc12)C1CC1. The Balaban J connectivity index is 1.82. The van der Waals surface area contributed by atoms with Crippen LogP contribution < -0.4 is 16.8 Å². The van der Waals surface area contributed by atoms with E-state index < -0.39 is 5.91 Å². The van der Waals surface area contributed by atoms with Crippen molar-refractivity contribution in [3.05, 3.63) is 36.4 Å². The first-order valence-electron chi connectivity index (χ1n) is 8.18. The third-order valence-electron chi connectivity index (χ3n) is 4.61. The van der Waals surface area contributed by atoms with Crippen molar-refractivity contribution in [1.82, 2.24) is 19.6 Å². The molecule has 0 spiro atoms. The molecule has 1 saturated carbocycles. The van der Waals surface area contributed by atoms with Gasteiger partial charge in [-0.2, -0.15) is 5.10 Å². The summed E-state index contributed by atoms with van der Waals surface area (Å²) in [6.45, 7) is 2.12. The van der Waals surface area contributed by atoms with Gasteiger partial charge in [0.1, 0.15) is 0 Å². The molecule has 8 heteroatoms. The van der Waals surface area contributed by atoms with E-state index in [9.17, 15) is 4.79 Å². The van der Waals surface area contributed by atoms with Crippen LogP contribution in [0.2, 0.25) is 0 Å². The van der Waals surface area contributed by atoms with Crippen molar-refractivity contribution in [3.8, 4) is 11.1 Å². The first kappa shape index (κ1) is 15.4. The van der Waals surface area contributed by atoms with Crippen LogP contribution >= 0.6 is 0 Å². The van der Waals surface area contributed by atoms with Crippen LogP contribution in [0.3, 0.4) is 0 Å². The van der Waals surface area contributed by atoms with Gasteiger partial charge in [-0.1, -0.05) is 0 Å². The van der Waals surface area contributed by atoms with Gasteiger partial charge in [0.2, 0.25) is 5.95 Å². The third-order valence-corrected chi connectivity index (χ3v) is 4.61. The number of nitrogens with zero attached hydrogens (tertiary/aromatic N) is 4. The van der Waals surface area contributed by atoms with E-state index in [2.05, 4.69) is 27.3 Å². The van der Waals surface area contributed by atoms with Crippen LogP contribution in [0.15, 0.2) is 30.9 Å². The first-order chi connectivity index (χ1) is 12.0. The third kappa shape index (κ3) is 2.86. The molecule has 1 atom stereocenters. The molecule has 0 aliphatic heterocycles. The number of fused-ring (bicyclic) bond motifs is 1. The van der Waals surface area contributed by atoms with Gasteiger partial charge < -0.3 is 16.8 Å². The van der Waals surface area contributed by atoms with E-state index in [-0.39, 0.29) is 12.0 Å². The summed E-state index contributed by atoms with van der Waals surface area (Å²) in [6, 6.07) is 2.21. The largest absolute Gasteiger partial charge is 0.380 e. The summed E-state index contributed by atoms with van der Waals surface area (Å²) in [7, 11) is 0. The maximum atomic E-state index is 11.8. The highest BCUT2D eigenvalue weighted by Gasteiger charge is 2.29. The molecule has 0 saturated heterocycles.